The van der Waals surface area contributed by atoms with E-state index in [1.54, 1.807) is 6.92 Å². The fraction of sp³-hybridized carbons (Fsp3) is 0.615. The van der Waals surface area contributed by atoms with Gasteiger partial charge < -0.3 is 9.67 Å². The first-order valence-corrected chi connectivity index (χ1v) is 6.85. The summed E-state index contributed by atoms with van der Waals surface area (Å²) < 4.78 is 2.02. The molecule has 1 N–H and O–H groups in total. The second-order valence-electron chi connectivity index (χ2n) is 4.52. The summed E-state index contributed by atoms with van der Waals surface area (Å²) in [4.78, 5) is 12.0. The molecular formula is C13H21NO2S. The lowest BCUT2D eigenvalue weighted by atomic mass is 10.2. The van der Waals surface area contributed by atoms with Crippen molar-refractivity contribution < 1.29 is 9.90 Å². The number of carbonyl (C=O) groups excluding carboxylic acids is 1. The van der Waals surface area contributed by atoms with Crippen molar-refractivity contribution in [1.82, 2.24) is 4.57 Å². The molecule has 96 valence electrons. The third-order valence-electron chi connectivity index (χ3n) is 3.23. The van der Waals surface area contributed by atoms with E-state index in [1.807, 2.05) is 38.5 Å². The van der Waals surface area contributed by atoms with E-state index in [1.165, 1.54) is 11.8 Å². The van der Waals surface area contributed by atoms with Crippen LogP contribution in [-0.4, -0.2) is 32.6 Å². The maximum atomic E-state index is 12.0. The number of aliphatic hydroxyl groups excluding tert-OH is 1. The van der Waals surface area contributed by atoms with Crippen LogP contribution in [0.1, 0.15) is 35.6 Å². The Bertz CT molecular complexity index is 410. The Hall–Kier alpha value is -0.740. The summed E-state index contributed by atoms with van der Waals surface area (Å²) in [5.74, 6) is 0.569. The van der Waals surface area contributed by atoms with Crippen molar-refractivity contribution >= 4 is 17.5 Å². The molecule has 0 fully saturated rings. The first-order valence-electron chi connectivity index (χ1n) is 5.80. The van der Waals surface area contributed by atoms with E-state index in [2.05, 4.69) is 0 Å². The minimum atomic E-state index is -0.383. The second-order valence-corrected chi connectivity index (χ2v) is 5.89. The van der Waals surface area contributed by atoms with E-state index < -0.39 is 0 Å². The number of aliphatic hydroxyl groups is 1. The molecule has 0 radical (unpaired) electrons. The van der Waals surface area contributed by atoms with Crippen LogP contribution in [0.15, 0.2) is 6.07 Å². The number of thioether (sulfide) groups is 1. The lowest BCUT2D eigenvalue weighted by Gasteiger charge is -2.13. The molecule has 0 saturated heterocycles. The van der Waals surface area contributed by atoms with Crippen LogP contribution in [-0.2, 0) is 7.05 Å². The van der Waals surface area contributed by atoms with Crippen LogP contribution < -0.4 is 0 Å². The van der Waals surface area contributed by atoms with Gasteiger partial charge in [-0.2, -0.15) is 0 Å². The van der Waals surface area contributed by atoms with Gasteiger partial charge in [0, 0.05) is 29.2 Å². The fourth-order valence-corrected chi connectivity index (χ4v) is 2.41. The Morgan fingerprint density at radius 2 is 2.06 bits per heavy atom. The van der Waals surface area contributed by atoms with Gasteiger partial charge in [-0.3, -0.25) is 4.79 Å². The van der Waals surface area contributed by atoms with Gasteiger partial charge in [-0.1, -0.05) is 6.92 Å². The molecule has 0 aliphatic carbocycles. The van der Waals surface area contributed by atoms with E-state index >= 15 is 0 Å². The Morgan fingerprint density at radius 1 is 1.47 bits per heavy atom. The van der Waals surface area contributed by atoms with Crippen LogP contribution >= 0.6 is 11.8 Å². The maximum Gasteiger partial charge on any atom is 0.174 e. The lowest BCUT2D eigenvalue weighted by molar-refractivity contribution is 0.102. The number of hydrogen-bond acceptors (Lipinski definition) is 3. The van der Waals surface area contributed by atoms with Gasteiger partial charge in [-0.15, -0.1) is 11.8 Å². The van der Waals surface area contributed by atoms with Gasteiger partial charge in [-0.05, 0) is 26.8 Å². The summed E-state index contributed by atoms with van der Waals surface area (Å²) in [5, 5.41) is 9.46. The molecule has 2 unspecified atom stereocenters. The summed E-state index contributed by atoms with van der Waals surface area (Å²) >= 11 is 1.50. The van der Waals surface area contributed by atoms with E-state index in [9.17, 15) is 9.90 Å². The highest BCUT2D eigenvalue weighted by Gasteiger charge is 2.16. The van der Waals surface area contributed by atoms with E-state index in [0.717, 1.165) is 17.0 Å². The summed E-state index contributed by atoms with van der Waals surface area (Å²) in [6.45, 7) is 7.64. The maximum absolute atomic E-state index is 12.0. The highest BCUT2D eigenvalue weighted by atomic mass is 32.2. The molecule has 0 spiro atoms. The van der Waals surface area contributed by atoms with Gasteiger partial charge in [0.25, 0.3) is 0 Å². The standard InChI is InChI=1S/C13H21NO2S/c1-8-6-12(9(2)14(8)5)13(16)7-17-11(4)10(3)15/h6,10-11,15H,7H2,1-5H3. The number of aromatic nitrogens is 1. The quantitative estimate of drug-likeness (QED) is 0.821. The molecule has 0 aliphatic rings. The van der Waals surface area contributed by atoms with Crippen LogP contribution in [0, 0.1) is 13.8 Å². The minimum absolute atomic E-state index is 0.0871. The van der Waals surface area contributed by atoms with Crippen molar-refractivity contribution in [2.75, 3.05) is 5.75 Å². The molecular weight excluding hydrogens is 234 g/mol. The number of rotatable bonds is 5. The molecule has 0 aromatic carbocycles. The first-order chi connectivity index (χ1) is 7.84. The average molecular weight is 255 g/mol. The summed E-state index contributed by atoms with van der Waals surface area (Å²) in [5.41, 5.74) is 2.91. The largest absolute Gasteiger partial charge is 0.392 e. The van der Waals surface area contributed by atoms with E-state index in [0.29, 0.717) is 5.75 Å². The van der Waals surface area contributed by atoms with Crippen molar-refractivity contribution in [3.05, 3.63) is 23.0 Å². The molecule has 2 atom stereocenters. The zero-order valence-corrected chi connectivity index (χ0v) is 12.0. The van der Waals surface area contributed by atoms with Gasteiger partial charge in [0.2, 0.25) is 0 Å². The summed E-state index contributed by atoms with van der Waals surface area (Å²) in [6.07, 6.45) is -0.383. The third kappa shape index (κ3) is 3.36. The number of aryl methyl sites for hydroxylation is 1. The monoisotopic (exact) mass is 255 g/mol. The van der Waals surface area contributed by atoms with Crippen molar-refractivity contribution in [3.8, 4) is 0 Å². The Balaban J connectivity index is 2.68. The summed E-state index contributed by atoms with van der Waals surface area (Å²) in [6, 6.07) is 1.94. The molecule has 3 nitrogen and oxygen atoms in total. The van der Waals surface area contributed by atoms with Gasteiger partial charge >= 0.3 is 0 Å². The van der Waals surface area contributed by atoms with Crippen LogP contribution in [0.2, 0.25) is 0 Å². The van der Waals surface area contributed by atoms with Gasteiger partial charge in [-0.25, -0.2) is 0 Å². The number of nitrogens with zero attached hydrogens (tertiary/aromatic N) is 1. The zero-order valence-electron chi connectivity index (χ0n) is 11.2. The number of Topliss-reactive ketones (excluding diaryl/α,β-unsaturated/α-hetero) is 1. The van der Waals surface area contributed by atoms with Crippen LogP contribution in [0.25, 0.3) is 0 Å². The van der Waals surface area contributed by atoms with E-state index in [4.69, 9.17) is 0 Å². The van der Waals surface area contributed by atoms with E-state index in [-0.39, 0.29) is 17.1 Å². The molecule has 1 aromatic rings. The van der Waals surface area contributed by atoms with Crippen molar-refractivity contribution in [3.63, 3.8) is 0 Å². The summed E-state index contributed by atoms with van der Waals surface area (Å²) in [7, 11) is 1.97. The number of ketones is 1. The molecule has 1 aromatic heterocycles. The molecule has 1 heterocycles. The van der Waals surface area contributed by atoms with Gasteiger partial charge in [0.05, 0.1) is 11.9 Å². The normalized spacial score (nSPS) is 14.7. The molecule has 0 bridgehead atoms. The number of carbonyl (C=O) groups is 1. The molecule has 17 heavy (non-hydrogen) atoms. The molecule has 0 saturated carbocycles. The Kier molecular flexibility index (Phi) is 4.83. The predicted octanol–water partition coefficient (Wildman–Crippen LogP) is 2.33. The minimum Gasteiger partial charge on any atom is -0.392 e. The molecule has 4 heteroatoms. The SMILES string of the molecule is Cc1cc(C(=O)CSC(C)C(C)O)c(C)n1C. The average Bonchev–Trinajstić information content (AvgIpc) is 2.53. The number of hydrogen-bond donors (Lipinski definition) is 1. The lowest BCUT2D eigenvalue weighted by Crippen LogP contribution is -2.17. The highest BCUT2D eigenvalue weighted by molar-refractivity contribution is 8.00. The van der Waals surface area contributed by atoms with Gasteiger partial charge in [0.1, 0.15) is 0 Å². The first kappa shape index (κ1) is 14.3. The van der Waals surface area contributed by atoms with Crippen molar-refractivity contribution in [2.45, 2.75) is 39.0 Å². The third-order valence-corrected chi connectivity index (χ3v) is 4.58. The fourth-order valence-electron chi connectivity index (χ4n) is 1.56. The topological polar surface area (TPSA) is 42.2 Å². The van der Waals surface area contributed by atoms with Crippen LogP contribution in [0.3, 0.4) is 0 Å². The molecule has 1 rings (SSSR count). The van der Waals surface area contributed by atoms with Crippen molar-refractivity contribution in [2.24, 2.45) is 7.05 Å². The Morgan fingerprint density at radius 3 is 2.47 bits per heavy atom. The highest BCUT2D eigenvalue weighted by Crippen LogP contribution is 2.19. The smallest absolute Gasteiger partial charge is 0.174 e. The van der Waals surface area contributed by atoms with Crippen LogP contribution in [0.4, 0.5) is 0 Å². The van der Waals surface area contributed by atoms with Crippen LogP contribution in [0.5, 0.6) is 0 Å². The second kappa shape index (κ2) is 5.74. The molecule has 0 aliphatic heterocycles. The predicted molar refractivity (Wildman–Crippen MR) is 72.8 cm³/mol. The van der Waals surface area contributed by atoms with Crippen molar-refractivity contribution in [1.29, 1.82) is 0 Å². The molecule has 0 amide bonds. The Labute approximate surface area is 107 Å². The zero-order chi connectivity index (χ0) is 13.2. The van der Waals surface area contributed by atoms with Gasteiger partial charge in [0.15, 0.2) is 5.78 Å².